The van der Waals surface area contributed by atoms with E-state index in [2.05, 4.69) is 10.3 Å². The number of nitrogens with one attached hydrogen (secondary N) is 1. The summed E-state index contributed by atoms with van der Waals surface area (Å²) in [6.45, 7) is 2.34. The van der Waals surface area contributed by atoms with Crippen LogP contribution in [0.5, 0.6) is 0 Å². The molecule has 7 nitrogen and oxygen atoms in total. The lowest BCUT2D eigenvalue weighted by molar-refractivity contribution is 0.0515. The number of nitrogens with zero attached hydrogens (tertiary/aromatic N) is 2. The minimum atomic E-state index is -0.431. The van der Waals surface area contributed by atoms with E-state index in [-0.39, 0.29) is 5.91 Å². The first-order chi connectivity index (χ1) is 10.0. The molecule has 3 N–H and O–H groups in total. The van der Waals surface area contributed by atoms with Gasteiger partial charge in [-0.15, -0.1) is 11.3 Å². The van der Waals surface area contributed by atoms with Gasteiger partial charge in [-0.1, -0.05) is 0 Å². The third-order valence-corrected chi connectivity index (χ3v) is 3.58. The van der Waals surface area contributed by atoms with Crippen molar-refractivity contribution in [3.8, 4) is 0 Å². The number of hydrogen-bond acceptors (Lipinski definition) is 6. The Labute approximate surface area is 125 Å². The number of carbonyl (C=O) groups excluding carboxylic acids is 2. The van der Waals surface area contributed by atoms with Gasteiger partial charge in [-0.3, -0.25) is 4.79 Å². The molecule has 2 aromatic heterocycles. The monoisotopic (exact) mass is 308 g/mol. The van der Waals surface area contributed by atoms with Gasteiger partial charge in [0.25, 0.3) is 5.91 Å². The Morgan fingerprint density at radius 1 is 1.52 bits per heavy atom. The Morgan fingerprint density at radius 2 is 2.29 bits per heavy atom. The third-order valence-electron chi connectivity index (χ3n) is 2.71. The second-order valence-corrected chi connectivity index (χ2v) is 5.17. The van der Waals surface area contributed by atoms with E-state index in [0.29, 0.717) is 35.2 Å². The van der Waals surface area contributed by atoms with E-state index in [1.807, 2.05) is 0 Å². The summed E-state index contributed by atoms with van der Waals surface area (Å²) in [6.07, 6.45) is 1.64. The summed E-state index contributed by atoms with van der Waals surface area (Å²) in [4.78, 5) is 27.8. The number of ether oxygens (including phenoxy) is 1. The number of aromatic nitrogens is 2. The Kier molecular flexibility index (Phi) is 4.71. The fourth-order valence-corrected chi connectivity index (χ4v) is 2.40. The van der Waals surface area contributed by atoms with Crippen LogP contribution < -0.4 is 11.1 Å². The molecule has 0 aromatic carbocycles. The van der Waals surface area contributed by atoms with Crippen molar-refractivity contribution >= 4 is 28.9 Å². The van der Waals surface area contributed by atoms with Gasteiger partial charge in [0.1, 0.15) is 16.4 Å². The number of carbonyl (C=O) groups is 2. The second kappa shape index (κ2) is 6.51. The Hall–Kier alpha value is -2.19. The molecule has 0 unspecified atom stereocenters. The number of anilines is 1. The number of thiazole rings is 1. The topological polar surface area (TPSA) is 99.2 Å². The molecule has 0 bridgehead atoms. The van der Waals surface area contributed by atoms with E-state index in [0.717, 1.165) is 0 Å². The highest BCUT2D eigenvalue weighted by Gasteiger charge is 2.16. The molecule has 0 fully saturated rings. The van der Waals surface area contributed by atoms with Crippen molar-refractivity contribution in [2.45, 2.75) is 13.5 Å². The molecule has 112 valence electrons. The summed E-state index contributed by atoms with van der Waals surface area (Å²) in [6, 6.07) is 1.56. The lowest BCUT2D eigenvalue weighted by atomic mass is 10.4. The van der Waals surface area contributed by atoms with Gasteiger partial charge in [-0.05, 0) is 13.0 Å². The predicted octanol–water partition coefficient (Wildman–Crippen LogP) is 1.37. The van der Waals surface area contributed by atoms with E-state index < -0.39 is 5.97 Å². The molecular weight excluding hydrogens is 292 g/mol. The number of rotatable bonds is 5. The van der Waals surface area contributed by atoms with Crippen molar-refractivity contribution in [1.29, 1.82) is 0 Å². The molecule has 0 spiro atoms. The maximum absolute atomic E-state index is 12.0. The highest BCUT2D eigenvalue weighted by atomic mass is 32.1. The summed E-state index contributed by atoms with van der Waals surface area (Å²) in [5, 5.41) is 5.03. The highest BCUT2D eigenvalue weighted by Crippen LogP contribution is 2.16. The molecule has 0 aliphatic rings. The van der Waals surface area contributed by atoms with Crippen LogP contribution in [0.3, 0.4) is 0 Å². The molecule has 2 rings (SSSR count). The van der Waals surface area contributed by atoms with Gasteiger partial charge in [-0.2, -0.15) is 0 Å². The highest BCUT2D eigenvalue weighted by molar-refractivity contribution is 7.09. The zero-order valence-electron chi connectivity index (χ0n) is 11.8. The number of nitrogens with two attached hydrogens (primary N) is 1. The molecule has 0 saturated carbocycles. The molecule has 21 heavy (non-hydrogen) atoms. The first-order valence-corrected chi connectivity index (χ1v) is 7.22. The summed E-state index contributed by atoms with van der Waals surface area (Å²) in [5.41, 5.74) is 6.65. The van der Waals surface area contributed by atoms with E-state index in [1.54, 1.807) is 36.2 Å². The summed E-state index contributed by atoms with van der Waals surface area (Å²) >= 11 is 1.33. The minimum absolute atomic E-state index is 0.298. The summed E-state index contributed by atoms with van der Waals surface area (Å²) < 4.78 is 6.53. The van der Waals surface area contributed by atoms with Crippen molar-refractivity contribution in [1.82, 2.24) is 9.55 Å². The smallest absolute Gasteiger partial charge is 0.355 e. The lowest BCUT2D eigenvalue weighted by Gasteiger charge is -2.01. The minimum Gasteiger partial charge on any atom is -0.461 e. The lowest BCUT2D eigenvalue weighted by Crippen LogP contribution is -2.12. The number of amides is 1. The van der Waals surface area contributed by atoms with Crippen LogP contribution in [0.4, 0.5) is 5.69 Å². The molecular formula is C13H16N4O3S. The third kappa shape index (κ3) is 3.47. The van der Waals surface area contributed by atoms with Crippen LogP contribution in [0.2, 0.25) is 0 Å². The van der Waals surface area contributed by atoms with Crippen molar-refractivity contribution in [3.05, 3.63) is 34.0 Å². The van der Waals surface area contributed by atoms with Gasteiger partial charge in [0.05, 0.1) is 12.3 Å². The van der Waals surface area contributed by atoms with Gasteiger partial charge >= 0.3 is 5.97 Å². The van der Waals surface area contributed by atoms with Crippen LogP contribution in [0.1, 0.15) is 32.9 Å². The SMILES string of the molecule is CCOC(=O)c1cc(NC(=O)c2csc(CN)n2)cn1C. The standard InChI is InChI=1S/C13H16N4O3S/c1-3-20-13(19)10-4-8(6-17(10)2)15-12(18)9-7-21-11(5-14)16-9/h4,6-7H,3,5,14H2,1-2H3,(H,15,18). The van der Waals surface area contributed by atoms with Crippen molar-refractivity contribution < 1.29 is 14.3 Å². The van der Waals surface area contributed by atoms with Crippen LogP contribution in [0.25, 0.3) is 0 Å². The molecule has 8 heteroatoms. The van der Waals surface area contributed by atoms with Crippen molar-refractivity contribution in [2.24, 2.45) is 12.8 Å². The van der Waals surface area contributed by atoms with Gasteiger partial charge in [0.15, 0.2) is 0 Å². The number of hydrogen-bond donors (Lipinski definition) is 2. The van der Waals surface area contributed by atoms with Gasteiger partial charge in [0.2, 0.25) is 0 Å². The maximum atomic E-state index is 12.0. The molecule has 0 aliphatic carbocycles. The molecule has 2 aromatic rings. The quantitative estimate of drug-likeness (QED) is 0.813. The molecule has 0 saturated heterocycles. The Bertz CT molecular complexity index is 662. The largest absolute Gasteiger partial charge is 0.461 e. The van der Waals surface area contributed by atoms with E-state index in [9.17, 15) is 9.59 Å². The normalized spacial score (nSPS) is 10.4. The zero-order valence-corrected chi connectivity index (χ0v) is 12.6. The van der Waals surface area contributed by atoms with Gasteiger partial charge in [-0.25, -0.2) is 9.78 Å². The molecule has 0 radical (unpaired) electrons. The van der Waals surface area contributed by atoms with Crippen LogP contribution in [-0.2, 0) is 18.3 Å². The van der Waals surface area contributed by atoms with Crippen LogP contribution in [0, 0.1) is 0 Å². The summed E-state index contributed by atoms with van der Waals surface area (Å²) in [5.74, 6) is -0.772. The molecule has 2 heterocycles. The fourth-order valence-electron chi connectivity index (χ4n) is 1.74. The fraction of sp³-hybridized carbons (Fsp3) is 0.308. The van der Waals surface area contributed by atoms with Crippen molar-refractivity contribution in [2.75, 3.05) is 11.9 Å². The maximum Gasteiger partial charge on any atom is 0.355 e. The van der Waals surface area contributed by atoms with E-state index >= 15 is 0 Å². The van der Waals surface area contributed by atoms with E-state index in [4.69, 9.17) is 10.5 Å². The second-order valence-electron chi connectivity index (χ2n) is 4.23. The Morgan fingerprint density at radius 3 is 2.90 bits per heavy atom. The number of aryl methyl sites for hydroxylation is 1. The van der Waals surface area contributed by atoms with Crippen LogP contribution in [-0.4, -0.2) is 28.0 Å². The van der Waals surface area contributed by atoms with Gasteiger partial charge in [0, 0.05) is 25.2 Å². The first-order valence-electron chi connectivity index (χ1n) is 6.34. The van der Waals surface area contributed by atoms with E-state index in [1.165, 1.54) is 11.3 Å². The number of esters is 1. The van der Waals surface area contributed by atoms with Crippen LogP contribution >= 0.6 is 11.3 Å². The average Bonchev–Trinajstić information content (AvgIpc) is 3.05. The molecule has 1 amide bonds. The van der Waals surface area contributed by atoms with Crippen LogP contribution in [0.15, 0.2) is 17.6 Å². The van der Waals surface area contributed by atoms with Crippen molar-refractivity contribution in [3.63, 3.8) is 0 Å². The van der Waals surface area contributed by atoms with Gasteiger partial charge < -0.3 is 20.4 Å². The molecule has 0 atom stereocenters. The predicted molar refractivity (Wildman–Crippen MR) is 79.3 cm³/mol. The first kappa shape index (κ1) is 15.2. The average molecular weight is 308 g/mol. The molecule has 0 aliphatic heterocycles. The zero-order chi connectivity index (χ0) is 15.4. The Balaban J connectivity index is 2.11. The summed E-state index contributed by atoms with van der Waals surface area (Å²) in [7, 11) is 1.71.